The van der Waals surface area contributed by atoms with E-state index in [1.54, 1.807) is 0 Å². The number of rotatable bonds is 3. The smallest absolute Gasteiger partial charge is 0.168 e. The Kier molecular flexibility index (Phi) is 2.81. The van der Waals surface area contributed by atoms with E-state index in [4.69, 9.17) is 9.63 Å². The molecule has 1 N–H and O–H groups in total. The van der Waals surface area contributed by atoms with Crippen molar-refractivity contribution in [1.29, 1.82) is 0 Å². The second-order valence-electron chi connectivity index (χ2n) is 2.96. The normalized spacial score (nSPS) is 13.8. The van der Waals surface area contributed by atoms with Gasteiger partial charge in [-0.15, -0.1) is 0 Å². The highest BCUT2D eigenvalue weighted by atomic mass is 19.1. The Bertz CT molecular complexity index is 247. The molecule has 3 nitrogen and oxygen atoms in total. The van der Waals surface area contributed by atoms with Crippen LogP contribution < -0.4 is 0 Å². The largest absolute Gasteiger partial charge is 0.393 e. The van der Waals surface area contributed by atoms with Gasteiger partial charge in [-0.1, -0.05) is 19.0 Å². The summed E-state index contributed by atoms with van der Waals surface area (Å²) in [5.74, 6) is 0.832. The zero-order valence-electron chi connectivity index (χ0n) is 7.12. The van der Waals surface area contributed by atoms with Crippen LogP contribution in [0.2, 0.25) is 0 Å². The first kappa shape index (κ1) is 9.19. The molecular weight excluding hydrogens is 161 g/mol. The van der Waals surface area contributed by atoms with Gasteiger partial charge < -0.3 is 9.63 Å². The molecule has 0 aliphatic heterocycles. The lowest BCUT2D eigenvalue weighted by molar-refractivity contribution is 0.172. The first-order chi connectivity index (χ1) is 5.65. The molecule has 1 heterocycles. The summed E-state index contributed by atoms with van der Waals surface area (Å²) in [4.78, 5) is 0. The molecule has 0 spiro atoms. The Morgan fingerprint density at radius 2 is 2.33 bits per heavy atom. The van der Waals surface area contributed by atoms with Crippen molar-refractivity contribution in [3.8, 4) is 0 Å². The van der Waals surface area contributed by atoms with Gasteiger partial charge in [0.25, 0.3) is 0 Å². The molecule has 1 aromatic heterocycles. The SMILES string of the molecule is CC(C)c1cc(C(F)CO)no1. The molecule has 0 aromatic carbocycles. The number of hydrogen-bond acceptors (Lipinski definition) is 3. The van der Waals surface area contributed by atoms with E-state index in [-0.39, 0.29) is 11.6 Å². The van der Waals surface area contributed by atoms with Gasteiger partial charge >= 0.3 is 0 Å². The predicted octanol–water partition coefficient (Wildman–Crippen LogP) is 1.80. The second kappa shape index (κ2) is 3.67. The van der Waals surface area contributed by atoms with E-state index in [0.29, 0.717) is 5.76 Å². The molecule has 68 valence electrons. The number of aromatic nitrogens is 1. The summed E-state index contributed by atoms with van der Waals surface area (Å²) in [5.41, 5.74) is 0.168. The molecule has 0 saturated carbocycles. The number of aliphatic hydroxyl groups is 1. The minimum absolute atomic E-state index is 0.168. The fourth-order valence-electron chi connectivity index (χ4n) is 0.817. The molecule has 1 aromatic rings. The molecule has 1 rings (SSSR count). The highest BCUT2D eigenvalue weighted by Gasteiger charge is 2.15. The lowest BCUT2D eigenvalue weighted by Crippen LogP contribution is -1.96. The van der Waals surface area contributed by atoms with Gasteiger partial charge in [-0.2, -0.15) is 0 Å². The van der Waals surface area contributed by atoms with Crippen molar-refractivity contribution in [3.63, 3.8) is 0 Å². The van der Waals surface area contributed by atoms with Crippen LogP contribution in [0.1, 0.15) is 37.4 Å². The van der Waals surface area contributed by atoms with Crippen LogP contribution in [-0.2, 0) is 0 Å². The maximum atomic E-state index is 12.8. The molecule has 0 bridgehead atoms. The third-order valence-electron chi connectivity index (χ3n) is 1.60. The van der Waals surface area contributed by atoms with Gasteiger partial charge in [0.1, 0.15) is 11.5 Å². The number of hydrogen-bond donors (Lipinski definition) is 1. The van der Waals surface area contributed by atoms with Crippen LogP contribution in [0, 0.1) is 0 Å². The number of alkyl halides is 1. The van der Waals surface area contributed by atoms with E-state index < -0.39 is 12.8 Å². The van der Waals surface area contributed by atoms with E-state index in [1.165, 1.54) is 6.07 Å². The van der Waals surface area contributed by atoms with E-state index in [2.05, 4.69) is 5.16 Å². The summed E-state index contributed by atoms with van der Waals surface area (Å²) < 4.78 is 17.6. The maximum Gasteiger partial charge on any atom is 0.168 e. The molecule has 0 radical (unpaired) electrons. The Labute approximate surface area is 70.2 Å². The van der Waals surface area contributed by atoms with Gasteiger partial charge in [0, 0.05) is 12.0 Å². The fourth-order valence-corrected chi connectivity index (χ4v) is 0.817. The Hall–Kier alpha value is -0.900. The van der Waals surface area contributed by atoms with Crippen molar-refractivity contribution < 1.29 is 14.0 Å². The standard InChI is InChI=1S/C8H12FNO2/c1-5(2)8-3-7(10-12-8)6(9)4-11/h3,5-6,11H,4H2,1-2H3. The third-order valence-corrected chi connectivity index (χ3v) is 1.60. The van der Waals surface area contributed by atoms with Gasteiger partial charge in [-0.25, -0.2) is 4.39 Å². The molecule has 1 atom stereocenters. The van der Waals surface area contributed by atoms with Crippen molar-refractivity contribution in [2.24, 2.45) is 0 Å². The van der Waals surface area contributed by atoms with Crippen LogP contribution >= 0.6 is 0 Å². The molecule has 0 aliphatic rings. The Morgan fingerprint density at radius 1 is 1.67 bits per heavy atom. The van der Waals surface area contributed by atoms with Crippen molar-refractivity contribution in [1.82, 2.24) is 5.16 Å². The van der Waals surface area contributed by atoms with Crippen molar-refractivity contribution in [2.75, 3.05) is 6.61 Å². The van der Waals surface area contributed by atoms with E-state index in [9.17, 15) is 4.39 Å². The van der Waals surface area contributed by atoms with Gasteiger partial charge in [-0.05, 0) is 0 Å². The summed E-state index contributed by atoms with van der Waals surface area (Å²) in [6.45, 7) is 3.30. The number of aliphatic hydroxyl groups excluding tert-OH is 1. The molecule has 12 heavy (non-hydrogen) atoms. The van der Waals surface area contributed by atoms with Gasteiger partial charge in [0.2, 0.25) is 0 Å². The van der Waals surface area contributed by atoms with Gasteiger partial charge in [0.15, 0.2) is 6.17 Å². The lowest BCUT2D eigenvalue weighted by Gasteiger charge is -1.96. The van der Waals surface area contributed by atoms with Crippen molar-refractivity contribution in [2.45, 2.75) is 25.9 Å². The highest BCUT2D eigenvalue weighted by molar-refractivity contribution is 5.10. The quantitative estimate of drug-likeness (QED) is 0.758. The lowest BCUT2D eigenvalue weighted by atomic mass is 10.1. The molecule has 0 saturated heterocycles. The average Bonchev–Trinajstić information content (AvgIpc) is 2.51. The van der Waals surface area contributed by atoms with Gasteiger partial charge in [-0.3, -0.25) is 0 Å². The summed E-state index contributed by atoms with van der Waals surface area (Å²) in [7, 11) is 0. The molecule has 0 fully saturated rings. The minimum atomic E-state index is -1.43. The van der Waals surface area contributed by atoms with E-state index in [0.717, 1.165) is 0 Å². The average molecular weight is 173 g/mol. The predicted molar refractivity (Wildman–Crippen MR) is 41.5 cm³/mol. The van der Waals surface area contributed by atoms with Crippen molar-refractivity contribution in [3.05, 3.63) is 17.5 Å². The Morgan fingerprint density at radius 3 is 2.75 bits per heavy atom. The molecular formula is C8H12FNO2. The van der Waals surface area contributed by atoms with Crippen molar-refractivity contribution >= 4 is 0 Å². The third kappa shape index (κ3) is 1.82. The van der Waals surface area contributed by atoms with Gasteiger partial charge in [0.05, 0.1) is 6.61 Å². The van der Waals surface area contributed by atoms with Crippen LogP contribution in [0.3, 0.4) is 0 Å². The monoisotopic (exact) mass is 173 g/mol. The van der Waals surface area contributed by atoms with Crippen LogP contribution in [0.5, 0.6) is 0 Å². The van der Waals surface area contributed by atoms with Crippen LogP contribution in [0.25, 0.3) is 0 Å². The zero-order valence-corrected chi connectivity index (χ0v) is 7.12. The molecule has 0 aliphatic carbocycles. The fraction of sp³-hybridized carbons (Fsp3) is 0.625. The second-order valence-corrected chi connectivity index (χ2v) is 2.96. The minimum Gasteiger partial charge on any atom is -0.393 e. The molecule has 4 heteroatoms. The van der Waals surface area contributed by atoms with Crippen LogP contribution in [-0.4, -0.2) is 16.9 Å². The van der Waals surface area contributed by atoms with Crippen LogP contribution in [0.4, 0.5) is 4.39 Å². The number of nitrogens with zero attached hydrogens (tertiary/aromatic N) is 1. The summed E-state index contributed by atoms with van der Waals surface area (Å²) >= 11 is 0. The topological polar surface area (TPSA) is 46.3 Å². The maximum absolute atomic E-state index is 12.8. The highest BCUT2D eigenvalue weighted by Crippen LogP contribution is 2.20. The molecule has 1 unspecified atom stereocenters. The first-order valence-electron chi connectivity index (χ1n) is 3.86. The Balaban J connectivity index is 2.77. The summed E-state index contributed by atoms with van der Waals surface area (Å²) in [6.07, 6.45) is -1.43. The van der Waals surface area contributed by atoms with Crippen LogP contribution in [0.15, 0.2) is 10.6 Å². The summed E-state index contributed by atoms with van der Waals surface area (Å²) in [5, 5.41) is 12.0. The molecule has 0 amide bonds. The summed E-state index contributed by atoms with van der Waals surface area (Å²) in [6, 6.07) is 1.53. The van der Waals surface area contributed by atoms with E-state index in [1.807, 2.05) is 13.8 Å². The zero-order chi connectivity index (χ0) is 9.14. The van der Waals surface area contributed by atoms with E-state index >= 15 is 0 Å². The number of halogens is 1. The first-order valence-corrected chi connectivity index (χ1v) is 3.86.